The Bertz CT molecular complexity index is 834. The fourth-order valence-electron chi connectivity index (χ4n) is 2.47. The van der Waals surface area contributed by atoms with Crippen molar-refractivity contribution < 1.29 is 4.79 Å². The van der Waals surface area contributed by atoms with Crippen LogP contribution in [0.2, 0.25) is 0 Å². The van der Waals surface area contributed by atoms with Gasteiger partial charge in [-0.05, 0) is 38.1 Å². The summed E-state index contributed by atoms with van der Waals surface area (Å²) in [4.78, 5) is 16.7. The predicted molar refractivity (Wildman–Crippen MR) is 88.7 cm³/mol. The summed E-state index contributed by atoms with van der Waals surface area (Å²) in [7, 11) is 0. The van der Waals surface area contributed by atoms with Crippen molar-refractivity contribution in [1.82, 2.24) is 9.55 Å². The van der Waals surface area contributed by atoms with Gasteiger partial charge in [-0.15, -0.1) is 0 Å². The van der Waals surface area contributed by atoms with E-state index >= 15 is 0 Å². The van der Waals surface area contributed by atoms with Crippen molar-refractivity contribution in [3.05, 3.63) is 53.9 Å². The highest BCUT2D eigenvalue weighted by Crippen LogP contribution is 2.21. The maximum absolute atomic E-state index is 12.3. The topological polar surface area (TPSA) is 72.9 Å². The minimum absolute atomic E-state index is 0.0892. The van der Waals surface area contributed by atoms with Crippen molar-refractivity contribution in [2.45, 2.75) is 20.4 Å². The molecule has 5 heteroatoms. The molecule has 2 aromatic carbocycles. The van der Waals surface area contributed by atoms with Gasteiger partial charge in [0, 0.05) is 5.69 Å². The lowest BCUT2D eigenvalue weighted by molar-refractivity contribution is -0.116. The fraction of sp³-hybridized carbons (Fsp3) is 0.176. The van der Waals surface area contributed by atoms with Crippen LogP contribution in [-0.2, 0) is 11.3 Å². The summed E-state index contributed by atoms with van der Waals surface area (Å²) in [6, 6.07) is 13.3. The number of benzene rings is 2. The molecular weight excluding hydrogens is 276 g/mol. The molecule has 1 aromatic heterocycles. The average molecular weight is 294 g/mol. The number of aromatic nitrogens is 2. The van der Waals surface area contributed by atoms with E-state index in [9.17, 15) is 4.79 Å². The Kier molecular flexibility index (Phi) is 3.55. The van der Waals surface area contributed by atoms with Crippen LogP contribution in [0.1, 0.15) is 11.4 Å². The van der Waals surface area contributed by atoms with Crippen LogP contribution >= 0.6 is 0 Å². The second kappa shape index (κ2) is 5.52. The predicted octanol–water partition coefficient (Wildman–Crippen LogP) is 2.87. The number of nitrogens with one attached hydrogen (secondary N) is 1. The highest BCUT2D eigenvalue weighted by molar-refractivity contribution is 5.93. The fourth-order valence-corrected chi connectivity index (χ4v) is 2.47. The number of anilines is 2. The maximum Gasteiger partial charge on any atom is 0.244 e. The molecular formula is C17H18N4O. The molecule has 0 saturated carbocycles. The van der Waals surface area contributed by atoms with E-state index in [1.807, 2.05) is 60.9 Å². The number of rotatable bonds is 3. The molecule has 0 spiro atoms. The van der Waals surface area contributed by atoms with E-state index in [1.165, 1.54) is 0 Å². The molecule has 3 N–H and O–H groups in total. The number of hydrogen-bond donors (Lipinski definition) is 2. The zero-order chi connectivity index (χ0) is 15.7. The van der Waals surface area contributed by atoms with E-state index in [0.29, 0.717) is 5.69 Å². The molecule has 0 atom stereocenters. The zero-order valence-corrected chi connectivity index (χ0v) is 12.6. The first kappa shape index (κ1) is 14.1. The molecule has 0 saturated heterocycles. The summed E-state index contributed by atoms with van der Waals surface area (Å²) >= 11 is 0. The van der Waals surface area contributed by atoms with Crippen molar-refractivity contribution in [3.8, 4) is 0 Å². The van der Waals surface area contributed by atoms with Gasteiger partial charge in [-0.1, -0.05) is 23.8 Å². The Morgan fingerprint density at radius 3 is 2.64 bits per heavy atom. The lowest BCUT2D eigenvalue weighted by Crippen LogP contribution is -2.19. The Morgan fingerprint density at radius 2 is 1.91 bits per heavy atom. The molecule has 0 radical (unpaired) electrons. The van der Waals surface area contributed by atoms with Crippen LogP contribution in [0.15, 0.2) is 42.5 Å². The summed E-state index contributed by atoms with van der Waals surface area (Å²) in [5.74, 6) is 0.681. The van der Waals surface area contributed by atoms with E-state index < -0.39 is 0 Å². The van der Waals surface area contributed by atoms with Crippen LogP contribution in [0.25, 0.3) is 11.0 Å². The van der Waals surface area contributed by atoms with Crippen molar-refractivity contribution in [1.29, 1.82) is 0 Å². The Balaban J connectivity index is 1.84. The number of hydrogen-bond acceptors (Lipinski definition) is 3. The van der Waals surface area contributed by atoms with Gasteiger partial charge < -0.3 is 15.6 Å². The molecule has 0 fully saturated rings. The van der Waals surface area contributed by atoms with E-state index in [0.717, 1.165) is 28.1 Å². The number of fused-ring (bicyclic) bond motifs is 1. The maximum atomic E-state index is 12.3. The summed E-state index contributed by atoms with van der Waals surface area (Å²) in [5, 5.41) is 2.90. The van der Waals surface area contributed by atoms with Crippen molar-refractivity contribution >= 4 is 28.3 Å². The number of nitrogen functional groups attached to an aromatic ring is 1. The Morgan fingerprint density at radius 1 is 1.18 bits per heavy atom. The number of amides is 1. The molecule has 112 valence electrons. The lowest BCUT2D eigenvalue weighted by Gasteiger charge is -2.08. The number of carbonyl (C=O) groups excluding carboxylic acids is 1. The highest BCUT2D eigenvalue weighted by Gasteiger charge is 2.12. The minimum Gasteiger partial charge on any atom is -0.397 e. The first-order chi connectivity index (χ1) is 10.5. The third kappa shape index (κ3) is 2.65. The average Bonchev–Trinajstić information content (AvgIpc) is 2.80. The summed E-state index contributed by atoms with van der Waals surface area (Å²) < 4.78 is 1.87. The second-order valence-electron chi connectivity index (χ2n) is 5.37. The molecule has 22 heavy (non-hydrogen) atoms. The van der Waals surface area contributed by atoms with Crippen molar-refractivity contribution in [3.63, 3.8) is 0 Å². The van der Waals surface area contributed by atoms with Gasteiger partial charge in [0.2, 0.25) is 5.91 Å². The number of nitrogens with zero attached hydrogens (tertiary/aromatic N) is 2. The van der Waals surface area contributed by atoms with Crippen LogP contribution in [0.5, 0.6) is 0 Å². The molecule has 1 heterocycles. The van der Waals surface area contributed by atoms with Gasteiger partial charge in [-0.25, -0.2) is 4.98 Å². The molecule has 5 nitrogen and oxygen atoms in total. The van der Waals surface area contributed by atoms with Crippen LogP contribution in [0.4, 0.5) is 11.4 Å². The minimum atomic E-state index is -0.0892. The summed E-state index contributed by atoms with van der Waals surface area (Å²) in [6.07, 6.45) is 0. The molecule has 3 aromatic rings. The van der Waals surface area contributed by atoms with Gasteiger partial charge in [-0.3, -0.25) is 4.79 Å². The van der Waals surface area contributed by atoms with E-state index in [1.54, 1.807) is 0 Å². The summed E-state index contributed by atoms with van der Waals surface area (Å²) in [6.45, 7) is 4.09. The van der Waals surface area contributed by atoms with Crippen LogP contribution in [0.3, 0.4) is 0 Å². The van der Waals surface area contributed by atoms with Gasteiger partial charge in [0.1, 0.15) is 17.9 Å². The molecule has 0 aliphatic heterocycles. The standard InChI is InChI=1S/C17H18N4O/c1-11-6-8-13(9-7-11)20-16(22)10-21-12(2)19-17-14(18)4-3-5-15(17)21/h3-9H,10,18H2,1-2H3,(H,20,22). The summed E-state index contributed by atoms with van der Waals surface area (Å²) in [5.41, 5.74) is 10.1. The van der Waals surface area contributed by atoms with Gasteiger partial charge >= 0.3 is 0 Å². The second-order valence-corrected chi connectivity index (χ2v) is 5.37. The molecule has 0 bridgehead atoms. The first-order valence-corrected chi connectivity index (χ1v) is 7.12. The molecule has 0 aliphatic rings. The Labute approximate surface area is 128 Å². The van der Waals surface area contributed by atoms with Gasteiger partial charge in [0.25, 0.3) is 0 Å². The number of aryl methyl sites for hydroxylation is 2. The number of imidazole rings is 1. The number of carbonyl (C=O) groups is 1. The van der Waals surface area contributed by atoms with Gasteiger partial charge in [0.05, 0.1) is 11.2 Å². The van der Waals surface area contributed by atoms with E-state index in [2.05, 4.69) is 10.3 Å². The molecule has 3 rings (SSSR count). The van der Waals surface area contributed by atoms with Crippen LogP contribution in [0, 0.1) is 13.8 Å². The Hall–Kier alpha value is -2.82. The van der Waals surface area contributed by atoms with Gasteiger partial charge in [0.15, 0.2) is 0 Å². The van der Waals surface area contributed by atoms with Crippen molar-refractivity contribution in [2.24, 2.45) is 0 Å². The zero-order valence-electron chi connectivity index (χ0n) is 12.6. The van der Waals surface area contributed by atoms with Crippen LogP contribution in [-0.4, -0.2) is 15.5 Å². The molecule has 0 unspecified atom stereocenters. The quantitative estimate of drug-likeness (QED) is 0.729. The smallest absolute Gasteiger partial charge is 0.244 e. The third-order valence-corrected chi connectivity index (χ3v) is 3.64. The monoisotopic (exact) mass is 294 g/mol. The van der Waals surface area contributed by atoms with E-state index in [-0.39, 0.29) is 12.5 Å². The van der Waals surface area contributed by atoms with E-state index in [4.69, 9.17) is 5.73 Å². The first-order valence-electron chi connectivity index (χ1n) is 7.12. The largest absolute Gasteiger partial charge is 0.397 e. The normalized spacial score (nSPS) is 10.8. The number of nitrogens with two attached hydrogens (primary N) is 1. The lowest BCUT2D eigenvalue weighted by atomic mass is 10.2. The van der Waals surface area contributed by atoms with Crippen molar-refractivity contribution in [2.75, 3.05) is 11.1 Å². The van der Waals surface area contributed by atoms with Crippen LogP contribution < -0.4 is 11.1 Å². The third-order valence-electron chi connectivity index (χ3n) is 3.64. The van der Waals surface area contributed by atoms with Gasteiger partial charge in [-0.2, -0.15) is 0 Å². The highest BCUT2D eigenvalue weighted by atomic mass is 16.1. The molecule has 0 aliphatic carbocycles. The molecule has 1 amide bonds. The SMILES string of the molecule is Cc1ccc(NC(=O)Cn2c(C)nc3c(N)cccc32)cc1. The number of para-hydroxylation sites is 1.